The summed E-state index contributed by atoms with van der Waals surface area (Å²) in [7, 11) is 0. The van der Waals surface area contributed by atoms with Gasteiger partial charge in [-0.2, -0.15) is 0 Å². The van der Waals surface area contributed by atoms with E-state index >= 15 is 0 Å². The first kappa shape index (κ1) is 21.9. The maximum Gasteiger partial charge on any atom is 0.0719 e. The highest BCUT2D eigenvalue weighted by atomic mass is 35.5. The molecule has 1 spiro atoms. The van der Waals surface area contributed by atoms with Crippen molar-refractivity contribution >= 4 is 22.4 Å². The Morgan fingerprint density at radius 3 is 2.11 bits per heavy atom. The van der Waals surface area contributed by atoms with Crippen LogP contribution in [0.1, 0.15) is 33.4 Å². The number of hydrogen-bond acceptors (Lipinski definition) is 0. The molecule has 0 amide bonds. The Balaban J connectivity index is 1.47. The topological polar surface area (TPSA) is 0 Å². The molecule has 0 fully saturated rings. The lowest BCUT2D eigenvalue weighted by atomic mass is 9.66. The lowest BCUT2D eigenvalue weighted by molar-refractivity contribution is 0.762. The van der Waals surface area contributed by atoms with Crippen molar-refractivity contribution in [1.82, 2.24) is 0 Å². The molecule has 6 aromatic rings. The first-order chi connectivity index (χ1) is 18.7. The third-order valence-corrected chi connectivity index (χ3v) is 8.94. The van der Waals surface area contributed by atoms with Gasteiger partial charge in [-0.3, -0.25) is 0 Å². The van der Waals surface area contributed by atoms with E-state index in [9.17, 15) is 0 Å². The Hall–Kier alpha value is -4.13. The first-order valence-electron chi connectivity index (χ1n) is 13.3. The standard InChI is InChI=1S/C37H25Cl/c38-28-19-20-32-31-12-4-6-15-35(31)37(36(32)23-28)33-14-5-2-9-25(33)16-17-27-22-26(18-21-34(27)37)30-13-7-10-24-8-1-3-11-29(24)30/h1-15,18-23H,16-17H2. The Kier molecular flexibility index (Phi) is 4.72. The zero-order valence-corrected chi connectivity index (χ0v) is 21.7. The molecule has 0 bridgehead atoms. The quantitative estimate of drug-likeness (QED) is 0.209. The average Bonchev–Trinajstić information content (AvgIpc) is 3.16. The second-order valence-corrected chi connectivity index (χ2v) is 11.0. The molecule has 2 aliphatic rings. The lowest BCUT2D eigenvalue weighted by Gasteiger charge is -2.35. The van der Waals surface area contributed by atoms with Gasteiger partial charge in [0, 0.05) is 5.02 Å². The Labute approximate surface area is 228 Å². The van der Waals surface area contributed by atoms with E-state index < -0.39 is 5.41 Å². The molecule has 0 saturated carbocycles. The highest BCUT2D eigenvalue weighted by molar-refractivity contribution is 6.30. The van der Waals surface area contributed by atoms with Crippen LogP contribution in [0.5, 0.6) is 0 Å². The van der Waals surface area contributed by atoms with Gasteiger partial charge in [-0.25, -0.2) is 0 Å². The minimum absolute atomic E-state index is 0.392. The van der Waals surface area contributed by atoms with E-state index in [-0.39, 0.29) is 0 Å². The van der Waals surface area contributed by atoms with Gasteiger partial charge in [-0.05, 0) is 91.4 Å². The predicted octanol–water partition coefficient (Wildman–Crippen LogP) is 9.62. The molecule has 180 valence electrons. The fourth-order valence-electron chi connectivity index (χ4n) is 7.16. The summed E-state index contributed by atoms with van der Waals surface area (Å²) < 4.78 is 0. The number of hydrogen-bond donors (Lipinski definition) is 0. The van der Waals surface area contributed by atoms with Crippen LogP contribution >= 0.6 is 11.6 Å². The number of benzene rings is 6. The summed E-state index contributed by atoms with van der Waals surface area (Å²) in [4.78, 5) is 0. The van der Waals surface area contributed by atoms with Gasteiger partial charge in [0.2, 0.25) is 0 Å². The van der Waals surface area contributed by atoms with Gasteiger partial charge in [0.15, 0.2) is 0 Å². The van der Waals surface area contributed by atoms with Crippen molar-refractivity contribution in [2.45, 2.75) is 18.3 Å². The summed E-state index contributed by atoms with van der Waals surface area (Å²) in [5.74, 6) is 0. The molecule has 6 aromatic carbocycles. The van der Waals surface area contributed by atoms with E-state index in [4.69, 9.17) is 11.6 Å². The summed E-state index contributed by atoms with van der Waals surface area (Å²) in [6.07, 6.45) is 2.02. The second kappa shape index (κ2) is 8.18. The normalized spacial score (nSPS) is 17.0. The molecule has 0 aliphatic heterocycles. The fraction of sp³-hybridized carbons (Fsp3) is 0.0811. The van der Waals surface area contributed by atoms with Crippen LogP contribution in [0.25, 0.3) is 33.0 Å². The van der Waals surface area contributed by atoms with Crippen LogP contribution in [0.15, 0.2) is 127 Å². The molecule has 0 radical (unpaired) electrons. The average molecular weight is 505 g/mol. The number of fused-ring (bicyclic) bond motifs is 10. The van der Waals surface area contributed by atoms with Gasteiger partial charge in [0.25, 0.3) is 0 Å². The largest absolute Gasteiger partial charge is 0.0843 e. The van der Waals surface area contributed by atoms with Gasteiger partial charge >= 0.3 is 0 Å². The Morgan fingerprint density at radius 1 is 0.474 bits per heavy atom. The van der Waals surface area contributed by atoms with E-state index in [1.165, 1.54) is 66.4 Å². The molecular weight excluding hydrogens is 480 g/mol. The molecular formula is C37H25Cl. The van der Waals surface area contributed by atoms with Gasteiger partial charge in [-0.15, -0.1) is 0 Å². The monoisotopic (exact) mass is 504 g/mol. The molecule has 0 aromatic heterocycles. The zero-order valence-electron chi connectivity index (χ0n) is 20.9. The van der Waals surface area contributed by atoms with E-state index in [0.717, 1.165) is 17.9 Å². The zero-order chi connectivity index (χ0) is 25.3. The molecule has 1 atom stereocenters. The van der Waals surface area contributed by atoms with Crippen molar-refractivity contribution in [1.29, 1.82) is 0 Å². The van der Waals surface area contributed by atoms with Crippen LogP contribution in [0, 0.1) is 0 Å². The van der Waals surface area contributed by atoms with Crippen LogP contribution in [0.3, 0.4) is 0 Å². The summed E-state index contributed by atoms with van der Waals surface area (Å²) in [5, 5.41) is 3.36. The predicted molar refractivity (Wildman–Crippen MR) is 159 cm³/mol. The van der Waals surface area contributed by atoms with Crippen LogP contribution in [0.4, 0.5) is 0 Å². The molecule has 0 nitrogen and oxygen atoms in total. The van der Waals surface area contributed by atoms with Crippen LogP contribution in [0.2, 0.25) is 5.02 Å². The molecule has 1 unspecified atom stereocenters. The summed E-state index contributed by atoms with van der Waals surface area (Å²) in [6.45, 7) is 0. The van der Waals surface area contributed by atoms with Crippen LogP contribution in [-0.2, 0) is 18.3 Å². The summed E-state index contributed by atoms with van der Waals surface area (Å²) >= 11 is 6.72. The van der Waals surface area contributed by atoms with Gasteiger partial charge < -0.3 is 0 Å². The number of rotatable bonds is 1. The molecule has 2 aliphatic carbocycles. The summed E-state index contributed by atoms with van der Waals surface area (Å²) in [5.41, 5.74) is 13.0. The Morgan fingerprint density at radius 2 is 1.16 bits per heavy atom. The van der Waals surface area contributed by atoms with Crippen molar-refractivity contribution in [3.63, 3.8) is 0 Å². The molecule has 8 rings (SSSR count). The van der Waals surface area contributed by atoms with Crippen molar-refractivity contribution in [3.05, 3.63) is 166 Å². The van der Waals surface area contributed by atoms with Crippen LogP contribution in [-0.4, -0.2) is 0 Å². The minimum atomic E-state index is -0.392. The summed E-state index contributed by atoms with van der Waals surface area (Å²) in [6, 6.07) is 46.9. The van der Waals surface area contributed by atoms with Crippen molar-refractivity contribution in [3.8, 4) is 22.3 Å². The smallest absolute Gasteiger partial charge is 0.0719 e. The first-order valence-corrected chi connectivity index (χ1v) is 13.7. The van der Waals surface area contributed by atoms with Crippen molar-refractivity contribution in [2.24, 2.45) is 0 Å². The highest BCUT2D eigenvalue weighted by Crippen LogP contribution is 2.59. The number of halogens is 1. The molecule has 0 saturated heterocycles. The van der Waals surface area contributed by atoms with Crippen LogP contribution < -0.4 is 0 Å². The third kappa shape index (κ3) is 2.93. The van der Waals surface area contributed by atoms with E-state index in [1.807, 2.05) is 6.07 Å². The fourth-order valence-corrected chi connectivity index (χ4v) is 7.33. The van der Waals surface area contributed by atoms with E-state index in [1.54, 1.807) is 0 Å². The SMILES string of the molecule is Clc1ccc2c(c1)C1(c3ccccc3CCc3cc(-c4cccc5ccccc45)ccc31)c1ccccc1-2. The molecule has 0 N–H and O–H groups in total. The molecule has 38 heavy (non-hydrogen) atoms. The van der Waals surface area contributed by atoms with Gasteiger partial charge in [-0.1, -0.05) is 127 Å². The highest BCUT2D eigenvalue weighted by Gasteiger charge is 2.48. The van der Waals surface area contributed by atoms with Gasteiger partial charge in [0.1, 0.15) is 0 Å². The maximum atomic E-state index is 6.72. The van der Waals surface area contributed by atoms with Crippen molar-refractivity contribution < 1.29 is 0 Å². The maximum absolute atomic E-state index is 6.72. The van der Waals surface area contributed by atoms with Gasteiger partial charge in [0.05, 0.1) is 5.41 Å². The van der Waals surface area contributed by atoms with E-state index in [2.05, 4.69) is 121 Å². The number of aryl methyl sites for hydroxylation is 2. The molecule has 1 heteroatoms. The second-order valence-electron chi connectivity index (χ2n) is 10.5. The minimum Gasteiger partial charge on any atom is -0.0843 e. The Bertz CT molecular complexity index is 1890. The lowest BCUT2D eigenvalue weighted by Crippen LogP contribution is -2.30. The third-order valence-electron chi connectivity index (χ3n) is 8.70. The molecule has 0 heterocycles. The van der Waals surface area contributed by atoms with E-state index in [0.29, 0.717) is 0 Å². The van der Waals surface area contributed by atoms with Crippen molar-refractivity contribution in [2.75, 3.05) is 0 Å².